The summed E-state index contributed by atoms with van der Waals surface area (Å²) in [6.07, 6.45) is 0.955. The van der Waals surface area contributed by atoms with E-state index in [9.17, 15) is 14.4 Å². The topological polar surface area (TPSA) is 76.2 Å². The van der Waals surface area contributed by atoms with Crippen LogP contribution in [0.2, 0.25) is 0 Å². The molecule has 0 bridgehead atoms. The van der Waals surface area contributed by atoms with E-state index in [1.807, 2.05) is 13.8 Å². The zero-order valence-electron chi connectivity index (χ0n) is 13.2. The molecule has 2 saturated heterocycles. The summed E-state index contributed by atoms with van der Waals surface area (Å²) in [6, 6.07) is 0. The van der Waals surface area contributed by atoms with Gasteiger partial charge in [-0.25, -0.2) is 4.79 Å². The van der Waals surface area contributed by atoms with Crippen LogP contribution in [0.15, 0.2) is 0 Å². The smallest absolute Gasteiger partial charge is 0.432 e. The Kier molecular flexibility index (Phi) is 5.63. The Balaban J connectivity index is 1.55. The van der Waals surface area contributed by atoms with Crippen LogP contribution in [0, 0.1) is 11.8 Å². The Morgan fingerprint density at radius 1 is 0.955 bits per heavy atom. The van der Waals surface area contributed by atoms with Gasteiger partial charge in [-0.15, -0.1) is 0 Å². The van der Waals surface area contributed by atoms with Crippen LogP contribution in [-0.2, 0) is 19.1 Å². The highest BCUT2D eigenvalue weighted by molar-refractivity contribution is 5.80. The lowest BCUT2D eigenvalue weighted by Crippen LogP contribution is -2.32. The molecule has 0 N–H and O–H groups in total. The maximum Gasteiger partial charge on any atom is 0.508 e. The molecule has 0 saturated carbocycles. The molecule has 22 heavy (non-hydrogen) atoms. The number of amides is 2. The van der Waals surface area contributed by atoms with Crippen molar-refractivity contribution in [2.75, 3.05) is 39.4 Å². The number of hydrogen-bond acceptors (Lipinski definition) is 5. The lowest BCUT2D eigenvalue weighted by atomic mass is 10.1. The summed E-state index contributed by atoms with van der Waals surface area (Å²) in [7, 11) is 0. The maximum absolute atomic E-state index is 11.7. The summed E-state index contributed by atoms with van der Waals surface area (Å²) in [4.78, 5) is 38.2. The van der Waals surface area contributed by atoms with Gasteiger partial charge in [-0.3, -0.25) is 9.59 Å². The van der Waals surface area contributed by atoms with Gasteiger partial charge in [0.1, 0.15) is 13.2 Å². The molecule has 2 unspecified atom stereocenters. The second-order valence-electron chi connectivity index (χ2n) is 5.98. The van der Waals surface area contributed by atoms with Crippen molar-refractivity contribution < 1.29 is 23.9 Å². The Morgan fingerprint density at radius 3 is 1.68 bits per heavy atom. The first-order valence-electron chi connectivity index (χ1n) is 7.86. The van der Waals surface area contributed by atoms with Crippen LogP contribution in [0.25, 0.3) is 0 Å². The van der Waals surface area contributed by atoms with Gasteiger partial charge in [0, 0.05) is 24.9 Å². The summed E-state index contributed by atoms with van der Waals surface area (Å²) in [5.41, 5.74) is 0. The van der Waals surface area contributed by atoms with E-state index in [1.165, 1.54) is 0 Å². The molecule has 2 rings (SSSR count). The zero-order chi connectivity index (χ0) is 16.1. The van der Waals surface area contributed by atoms with Gasteiger partial charge in [0.15, 0.2) is 0 Å². The van der Waals surface area contributed by atoms with E-state index in [2.05, 4.69) is 0 Å². The largest absolute Gasteiger partial charge is 0.508 e. The molecule has 0 aromatic rings. The highest BCUT2D eigenvalue weighted by Crippen LogP contribution is 2.17. The second-order valence-corrected chi connectivity index (χ2v) is 5.98. The molecule has 0 aliphatic carbocycles. The average molecular weight is 312 g/mol. The van der Waals surface area contributed by atoms with E-state index < -0.39 is 6.16 Å². The first-order valence-corrected chi connectivity index (χ1v) is 7.86. The minimum atomic E-state index is -0.751. The number of ether oxygens (including phenoxy) is 2. The van der Waals surface area contributed by atoms with Crippen LogP contribution < -0.4 is 0 Å². The van der Waals surface area contributed by atoms with Crippen molar-refractivity contribution in [1.82, 2.24) is 9.80 Å². The number of likely N-dealkylation sites (tertiary alicyclic amines) is 2. The molecule has 2 aliphatic rings. The Bertz CT molecular complexity index is 402. The highest BCUT2D eigenvalue weighted by Gasteiger charge is 2.28. The van der Waals surface area contributed by atoms with E-state index in [0.29, 0.717) is 26.2 Å². The van der Waals surface area contributed by atoms with Crippen molar-refractivity contribution >= 4 is 18.0 Å². The Hall–Kier alpha value is -1.79. The van der Waals surface area contributed by atoms with Gasteiger partial charge in [-0.1, -0.05) is 13.8 Å². The molecule has 0 spiro atoms. The average Bonchev–Trinajstić information content (AvgIpc) is 2.97. The van der Waals surface area contributed by atoms with E-state index in [-0.39, 0.29) is 36.9 Å². The molecule has 2 fully saturated rings. The van der Waals surface area contributed by atoms with Crippen molar-refractivity contribution in [1.29, 1.82) is 0 Å². The summed E-state index contributed by atoms with van der Waals surface area (Å²) in [5, 5.41) is 0. The van der Waals surface area contributed by atoms with Gasteiger partial charge in [0.05, 0.1) is 13.1 Å². The van der Waals surface area contributed by atoms with Gasteiger partial charge in [-0.05, 0) is 12.8 Å². The lowest BCUT2D eigenvalue weighted by Gasteiger charge is -2.17. The molecular weight excluding hydrogens is 288 g/mol. The number of carbonyl (C=O) groups is 3. The molecule has 7 nitrogen and oxygen atoms in total. The van der Waals surface area contributed by atoms with Crippen molar-refractivity contribution in [3.63, 3.8) is 0 Å². The number of nitrogens with zero attached hydrogens (tertiary/aromatic N) is 2. The maximum atomic E-state index is 11.7. The zero-order valence-corrected chi connectivity index (χ0v) is 13.2. The molecule has 0 aromatic carbocycles. The monoisotopic (exact) mass is 312 g/mol. The predicted molar refractivity (Wildman–Crippen MR) is 78.0 cm³/mol. The molecule has 2 heterocycles. The fraction of sp³-hybridized carbons (Fsp3) is 0.800. The third-order valence-corrected chi connectivity index (χ3v) is 4.29. The fourth-order valence-electron chi connectivity index (χ4n) is 2.75. The first kappa shape index (κ1) is 16.6. The number of hydrogen-bond donors (Lipinski definition) is 0. The van der Waals surface area contributed by atoms with Crippen LogP contribution in [0.4, 0.5) is 4.79 Å². The minimum Gasteiger partial charge on any atom is -0.432 e. The van der Waals surface area contributed by atoms with Crippen molar-refractivity contribution in [3.8, 4) is 0 Å². The molecule has 0 radical (unpaired) electrons. The number of carbonyl (C=O) groups excluding carboxylic acids is 3. The first-order chi connectivity index (χ1) is 10.5. The summed E-state index contributed by atoms with van der Waals surface area (Å²) < 4.78 is 9.88. The predicted octanol–water partition coefficient (Wildman–Crippen LogP) is 0.876. The third kappa shape index (κ3) is 4.11. The second kappa shape index (κ2) is 7.47. The van der Waals surface area contributed by atoms with Gasteiger partial charge in [0.2, 0.25) is 11.8 Å². The SMILES string of the molecule is CC1CCN(CCOC(=O)OCCN2CCC(C)C2=O)C1=O. The molecule has 124 valence electrons. The van der Waals surface area contributed by atoms with Crippen LogP contribution in [0.1, 0.15) is 26.7 Å². The van der Waals surface area contributed by atoms with Crippen molar-refractivity contribution in [3.05, 3.63) is 0 Å². The van der Waals surface area contributed by atoms with Crippen molar-refractivity contribution in [2.24, 2.45) is 11.8 Å². The summed E-state index contributed by atoms with van der Waals surface area (Å²) in [6.45, 7) is 6.31. The van der Waals surface area contributed by atoms with Crippen LogP contribution in [0.3, 0.4) is 0 Å². The molecule has 2 aliphatic heterocycles. The summed E-state index contributed by atoms with van der Waals surface area (Å²) in [5.74, 6) is 0.344. The van der Waals surface area contributed by atoms with Crippen LogP contribution in [0.5, 0.6) is 0 Å². The van der Waals surface area contributed by atoms with Crippen LogP contribution >= 0.6 is 0 Å². The number of rotatable bonds is 6. The highest BCUT2D eigenvalue weighted by atomic mass is 16.7. The van der Waals surface area contributed by atoms with E-state index in [0.717, 1.165) is 12.8 Å². The van der Waals surface area contributed by atoms with E-state index >= 15 is 0 Å². The van der Waals surface area contributed by atoms with Crippen LogP contribution in [-0.4, -0.2) is 67.2 Å². The fourth-order valence-corrected chi connectivity index (χ4v) is 2.75. The quantitative estimate of drug-likeness (QED) is 0.680. The van der Waals surface area contributed by atoms with E-state index in [4.69, 9.17) is 9.47 Å². The van der Waals surface area contributed by atoms with Gasteiger partial charge in [0.25, 0.3) is 0 Å². The standard InChI is InChI=1S/C15H24N2O5/c1-11-3-5-16(13(11)18)7-9-21-15(20)22-10-8-17-6-4-12(2)14(17)19/h11-12H,3-10H2,1-2H3. The van der Waals surface area contributed by atoms with Gasteiger partial charge in [-0.2, -0.15) is 0 Å². The van der Waals surface area contributed by atoms with E-state index in [1.54, 1.807) is 9.80 Å². The third-order valence-electron chi connectivity index (χ3n) is 4.29. The van der Waals surface area contributed by atoms with Gasteiger partial charge < -0.3 is 19.3 Å². The molecule has 0 aromatic heterocycles. The lowest BCUT2D eigenvalue weighted by molar-refractivity contribution is -0.131. The Labute approximate surface area is 130 Å². The van der Waals surface area contributed by atoms with Crippen molar-refractivity contribution in [2.45, 2.75) is 26.7 Å². The molecule has 2 amide bonds. The Morgan fingerprint density at radius 2 is 1.36 bits per heavy atom. The molecule has 7 heteroatoms. The minimum absolute atomic E-state index is 0.0624. The molecule has 2 atom stereocenters. The van der Waals surface area contributed by atoms with Gasteiger partial charge >= 0.3 is 6.16 Å². The normalized spacial score (nSPS) is 25.0. The molecular formula is C15H24N2O5. The summed E-state index contributed by atoms with van der Waals surface area (Å²) >= 11 is 0.